The number of benzene rings is 1. The Bertz CT molecular complexity index is 466. The Balaban J connectivity index is 1.88. The first-order valence-corrected chi connectivity index (χ1v) is 7.09. The predicted molar refractivity (Wildman–Crippen MR) is 77.9 cm³/mol. The molecule has 5 nitrogen and oxygen atoms in total. The third-order valence-electron chi connectivity index (χ3n) is 3.73. The van der Waals surface area contributed by atoms with E-state index in [1.807, 2.05) is 11.9 Å². The molecule has 2 rings (SSSR count). The highest BCUT2D eigenvalue weighted by molar-refractivity contribution is 5.79. The molecule has 0 spiro atoms. The maximum absolute atomic E-state index is 12.9. The van der Waals surface area contributed by atoms with Crippen LogP contribution in [0.25, 0.3) is 0 Å². The normalized spacial score (nSPS) is 19.3. The largest absolute Gasteiger partial charge is 0.336 e. The number of nitrogens with one attached hydrogen (secondary N) is 1. The monoisotopic (exact) mass is 295 g/mol. The number of rotatable bonds is 6. The summed E-state index contributed by atoms with van der Waals surface area (Å²) in [5.74, 6) is -0.179. The molecular weight excluding hydrogens is 273 g/mol. The highest BCUT2D eigenvalue weighted by atomic mass is 19.1. The van der Waals surface area contributed by atoms with Gasteiger partial charge in [-0.25, -0.2) is 4.39 Å². The van der Waals surface area contributed by atoms with E-state index in [2.05, 4.69) is 5.32 Å². The van der Waals surface area contributed by atoms with E-state index in [9.17, 15) is 9.18 Å². The molecule has 1 unspecified atom stereocenters. The lowest BCUT2D eigenvalue weighted by Gasteiger charge is -2.34. The first-order chi connectivity index (χ1) is 10.1. The van der Waals surface area contributed by atoms with Gasteiger partial charge in [0.15, 0.2) is 0 Å². The van der Waals surface area contributed by atoms with Gasteiger partial charge in [0.25, 0.3) is 0 Å². The molecule has 1 aromatic rings. The smallest absolute Gasteiger partial charge is 0.236 e. The minimum Gasteiger partial charge on any atom is -0.336 e. The summed E-state index contributed by atoms with van der Waals surface area (Å²) in [6.45, 7) is 2.33. The minimum atomic E-state index is -0.258. The first-order valence-electron chi connectivity index (χ1n) is 7.09. The van der Waals surface area contributed by atoms with Crippen molar-refractivity contribution in [2.45, 2.75) is 19.0 Å². The van der Waals surface area contributed by atoms with Gasteiger partial charge in [0.1, 0.15) is 5.82 Å². The van der Waals surface area contributed by atoms with Crippen LogP contribution in [0.4, 0.5) is 4.39 Å². The summed E-state index contributed by atoms with van der Waals surface area (Å²) in [5, 5.41) is 5.01. The van der Waals surface area contributed by atoms with Crippen molar-refractivity contribution in [2.75, 3.05) is 33.8 Å². The summed E-state index contributed by atoms with van der Waals surface area (Å²) < 4.78 is 12.9. The average molecular weight is 295 g/mol. The van der Waals surface area contributed by atoms with Gasteiger partial charge in [0, 0.05) is 32.7 Å². The Morgan fingerprint density at radius 2 is 2.14 bits per heavy atom. The van der Waals surface area contributed by atoms with Crippen molar-refractivity contribution in [2.24, 2.45) is 0 Å². The molecule has 1 aliphatic heterocycles. The van der Waals surface area contributed by atoms with Crippen molar-refractivity contribution in [3.63, 3.8) is 0 Å². The van der Waals surface area contributed by atoms with Crippen LogP contribution in [0, 0.1) is 5.82 Å². The van der Waals surface area contributed by atoms with Crippen molar-refractivity contribution in [3.05, 3.63) is 35.6 Å². The number of hydroxylamine groups is 2. The van der Waals surface area contributed by atoms with Gasteiger partial charge in [-0.2, -0.15) is 5.06 Å². The second-order valence-electron chi connectivity index (χ2n) is 5.30. The lowest BCUT2D eigenvalue weighted by atomic mass is 10.1. The van der Waals surface area contributed by atoms with Crippen LogP contribution in [0.2, 0.25) is 0 Å². The van der Waals surface area contributed by atoms with Crippen LogP contribution in [-0.4, -0.2) is 55.7 Å². The molecule has 0 bridgehead atoms. The predicted octanol–water partition coefficient (Wildman–Crippen LogP) is 1.01. The van der Waals surface area contributed by atoms with Crippen molar-refractivity contribution in [1.82, 2.24) is 15.3 Å². The summed E-state index contributed by atoms with van der Waals surface area (Å²) in [6, 6.07) is 6.54. The van der Waals surface area contributed by atoms with E-state index in [-0.39, 0.29) is 17.8 Å². The summed E-state index contributed by atoms with van der Waals surface area (Å²) in [5.41, 5.74) is 0.944. The first kappa shape index (κ1) is 15.9. The second-order valence-corrected chi connectivity index (χ2v) is 5.30. The fourth-order valence-corrected chi connectivity index (χ4v) is 2.36. The number of hydrogen-bond donors (Lipinski definition) is 1. The zero-order valence-electron chi connectivity index (χ0n) is 12.5. The molecule has 116 valence electrons. The van der Waals surface area contributed by atoms with Crippen LogP contribution < -0.4 is 5.32 Å². The number of halogens is 1. The SMILES string of the molecule is CON(C)CCC1CN(Cc2ccc(F)cc2)C(=O)CN1. The highest BCUT2D eigenvalue weighted by Gasteiger charge is 2.25. The average Bonchev–Trinajstić information content (AvgIpc) is 2.50. The summed E-state index contributed by atoms with van der Waals surface area (Å²) in [4.78, 5) is 18.9. The zero-order chi connectivity index (χ0) is 15.2. The van der Waals surface area contributed by atoms with Crippen molar-refractivity contribution >= 4 is 5.91 Å². The number of nitrogens with zero attached hydrogens (tertiary/aromatic N) is 2. The van der Waals surface area contributed by atoms with Gasteiger partial charge in [0.2, 0.25) is 5.91 Å². The molecule has 21 heavy (non-hydrogen) atoms. The quantitative estimate of drug-likeness (QED) is 0.796. The zero-order valence-corrected chi connectivity index (χ0v) is 12.5. The highest BCUT2D eigenvalue weighted by Crippen LogP contribution is 2.11. The summed E-state index contributed by atoms with van der Waals surface area (Å²) >= 11 is 0. The van der Waals surface area contributed by atoms with Crippen molar-refractivity contribution < 1.29 is 14.0 Å². The molecule has 1 aromatic carbocycles. The standard InChI is InChI=1S/C15H22FN3O2/c1-18(21-2)8-7-14-11-19(15(20)9-17-14)10-12-3-5-13(16)6-4-12/h3-6,14,17H,7-11H2,1-2H3. The van der Waals surface area contributed by atoms with Gasteiger partial charge in [-0.3, -0.25) is 4.79 Å². The second kappa shape index (κ2) is 7.49. The van der Waals surface area contributed by atoms with E-state index in [0.717, 1.165) is 18.5 Å². The van der Waals surface area contributed by atoms with Gasteiger partial charge in [-0.1, -0.05) is 12.1 Å². The van der Waals surface area contributed by atoms with E-state index >= 15 is 0 Å². The van der Waals surface area contributed by atoms with E-state index in [4.69, 9.17) is 4.84 Å². The van der Waals surface area contributed by atoms with E-state index in [0.29, 0.717) is 19.6 Å². The van der Waals surface area contributed by atoms with E-state index in [1.165, 1.54) is 12.1 Å². The molecule has 0 radical (unpaired) electrons. The molecule has 0 saturated carbocycles. The molecule has 6 heteroatoms. The number of amides is 1. The number of hydrogen-bond acceptors (Lipinski definition) is 4. The lowest BCUT2D eigenvalue weighted by Crippen LogP contribution is -2.54. The summed E-state index contributed by atoms with van der Waals surface area (Å²) in [6.07, 6.45) is 0.900. The summed E-state index contributed by atoms with van der Waals surface area (Å²) in [7, 11) is 3.52. The van der Waals surface area contributed by atoms with Crippen LogP contribution >= 0.6 is 0 Å². The Morgan fingerprint density at radius 3 is 2.81 bits per heavy atom. The van der Waals surface area contributed by atoms with Crippen LogP contribution in [0.3, 0.4) is 0 Å². The molecule has 0 aliphatic carbocycles. The van der Waals surface area contributed by atoms with Crippen LogP contribution in [0.15, 0.2) is 24.3 Å². The third-order valence-corrected chi connectivity index (χ3v) is 3.73. The maximum Gasteiger partial charge on any atom is 0.236 e. The number of piperazine rings is 1. The molecule has 1 atom stereocenters. The van der Waals surface area contributed by atoms with E-state index < -0.39 is 0 Å². The Kier molecular flexibility index (Phi) is 5.67. The molecule has 1 saturated heterocycles. The van der Waals surface area contributed by atoms with Crippen LogP contribution in [-0.2, 0) is 16.2 Å². The molecule has 1 aliphatic rings. The maximum atomic E-state index is 12.9. The fourth-order valence-electron chi connectivity index (χ4n) is 2.36. The van der Waals surface area contributed by atoms with Gasteiger partial charge < -0.3 is 15.1 Å². The lowest BCUT2D eigenvalue weighted by molar-refractivity contribution is -0.134. The molecule has 1 fully saturated rings. The van der Waals surface area contributed by atoms with Crippen molar-refractivity contribution in [3.8, 4) is 0 Å². The molecule has 1 amide bonds. The number of carbonyl (C=O) groups excluding carboxylic acids is 1. The minimum absolute atomic E-state index is 0.0793. The third kappa shape index (κ3) is 4.77. The molecule has 1 N–H and O–H groups in total. The van der Waals surface area contributed by atoms with Gasteiger partial charge >= 0.3 is 0 Å². The fraction of sp³-hybridized carbons (Fsp3) is 0.533. The Morgan fingerprint density at radius 1 is 1.43 bits per heavy atom. The van der Waals surface area contributed by atoms with Gasteiger partial charge in [0.05, 0.1) is 13.7 Å². The van der Waals surface area contributed by atoms with Crippen LogP contribution in [0.5, 0.6) is 0 Å². The topological polar surface area (TPSA) is 44.8 Å². The van der Waals surface area contributed by atoms with E-state index in [1.54, 1.807) is 24.3 Å². The Labute approximate surface area is 124 Å². The molecule has 1 heterocycles. The van der Waals surface area contributed by atoms with Gasteiger partial charge in [-0.05, 0) is 24.1 Å². The Hall–Kier alpha value is -1.50. The number of carbonyl (C=O) groups is 1. The van der Waals surface area contributed by atoms with Crippen LogP contribution in [0.1, 0.15) is 12.0 Å². The molecular formula is C15H22FN3O2. The van der Waals surface area contributed by atoms with Gasteiger partial charge in [-0.15, -0.1) is 0 Å². The van der Waals surface area contributed by atoms with Crippen molar-refractivity contribution in [1.29, 1.82) is 0 Å². The molecule has 0 aromatic heterocycles.